The first-order chi connectivity index (χ1) is 4.74. The summed E-state index contributed by atoms with van der Waals surface area (Å²) in [6, 6.07) is 0. The van der Waals surface area contributed by atoms with Crippen LogP contribution in [0.2, 0.25) is 0 Å². The highest BCUT2D eigenvalue weighted by Gasteiger charge is 2.25. The van der Waals surface area contributed by atoms with Crippen LogP contribution in [0.15, 0.2) is 12.4 Å². The minimum Gasteiger partial charge on any atom is -0.327 e. The summed E-state index contributed by atoms with van der Waals surface area (Å²) in [4.78, 5) is 0. The van der Waals surface area contributed by atoms with Crippen LogP contribution in [0.1, 0.15) is 0 Å². The molecule has 60 valence electrons. The highest BCUT2D eigenvalue weighted by molar-refractivity contribution is 4.84. The molecule has 0 heterocycles. The van der Waals surface area contributed by atoms with Gasteiger partial charge in [-0.25, -0.2) is 4.39 Å². The molecule has 0 bridgehead atoms. The molecule has 0 saturated carbocycles. The van der Waals surface area contributed by atoms with Crippen LogP contribution in [-0.2, 0) is 14.2 Å². The fourth-order valence-corrected chi connectivity index (χ4v) is 0.531. The number of hydrogen-bond donors (Lipinski definition) is 0. The van der Waals surface area contributed by atoms with Gasteiger partial charge in [-0.2, -0.15) is 0 Å². The second-order valence-corrected chi connectivity index (χ2v) is 1.51. The van der Waals surface area contributed by atoms with Gasteiger partial charge in [-0.05, 0) is 0 Å². The summed E-state index contributed by atoms with van der Waals surface area (Å²) in [5, 5.41) is 0. The number of rotatable bonds is 4. The maximum atomic E-state index is 11.6. The van der Waals surface area contributed by atoms with Crippen molar-refractivity contribution in [1.82, 2.24) is 0 Å². The molecule has 0 rings (SSSR count). The molecule has 0 unspecified atom stereocenters. The van der Waals surface area contributed by atoms with Crippen LogP contribution in [0.3, 0.4) is 0 Å². The van der Waals surface area contributed by atoms with E-state index in [1.165, 1.54) is 21.3 Å². The van der Waals surface area contributed by atoms with Gasteiger partial charge in [0.15, 0.2) is 0 Å². The van der Waals surface area contributed by atoms with Crippen LogP contribution in [0.4, 0.5) is 4.39 Å². The van der Waals surface area contributed by atoms with E-state index >= 15 is 0 Å². The predicted octanol–water partition coefficient (Wildman–Crippen LogP) is 1.06. The van der Waals surface area contributed by atoms with Crippen molar-refractivity contribution in [1.29, 1.82) is 0 Å². The minimum absolute atomic E-state index is 0.302. The molecular formula is C6H11FO3. The van der Waals surface area contributed by atoms with E-state index in [0.29, 0.717) is 6.33 Å². The zero-order valence-corrected chi connectivity index (χ0v) is 6.26. The zero-order chi connectivity index (χ0) is 8.04. The van der Waals surface area contributed by atoms with Crippen molar-refractivity contribution in [2.24, 2.45) is 0 Å². The van der Waals surface area contributed by atoms with Crippen LogP contribution in [0, 0.1) is 0 Å². The Morgan fingerprint density at radius 3 is 1.60 bits per heavy atom. The van der Waals surface area contributed by atoms with Crippen LogP contribution in [0.25, 0.3) is 0 Å². The first-order valence-electron chi connectivity index (χ1n) is 2.68. The minimum atomic E-state index is -1.38. The standard InChI is InChI=1S/C6H11FO3/c1-8-6(9-2,10-3)4-5-7/h4-5H,1-3H3. The van der Waals surface area contributed by atoms with Gasteiger partial charge in [0.2, 0.25) is 0 Å². The van der Waals surface area contributed by atoms with E-state index in [0.717, 1.165) is 6.08 Å². The van der Waals surface area contributed by atoms with Gasteiger partial charge in [-0.1, -0.05) is 0 Å². The molecule has 0 aliphatic carbocycles. The predicted molar refractivity (Wildman–Crippen MR) is 34.0 cm³/mol. The Labute approximate surface area is 59.4 Å². The van der Waals surface area contributed by atoms with E-state index < -0.39 is 5.97 Å². The molecule has 3 nitrogen and oxygen atoms in total. The fourth-order valence-electron chi connectivity index (χ4n) is 0.531. The Morgan fingerprint density at radius 1 is 1.10 bits per heavy atom. The van der Waals surface area contributed by atoms with Crippen LogP contribution in [-0.4, -0.2) is 27.3 Å². The van der Waals surface area contributed by atoms with Crippen molar-refractivity contribution in [3.8, 4) is 0 Å². The van der Waals surface area contributed by atoms with Crippen molar-refractivity contribution in [2.75, 3.05) is 21.3 Å². The molecule has 0 atom stereocenters. The van der Waals surface area contributed by atoms with Gasteiger partial charge >= 0.3 is 5.97 Å². The Hall–Kier alpha value is -0.450. The lowest BCUT2D eigenvalue weighted by Crippen LogP contribution is -2.33. The average molecular weight is 150 g/mol. The van der Waals surface area contributed by atoms with E-state index in [1.807, 2.05) is 0 Å². The van der Waals surface area contributed by atoms with Gasteiger partial charge in [-0.3, -0.25) is 0 Å². The summed E-state index contributed by atoms with van der Waals surface area (Å²) in [7, 11) is 4.06. The molecule has 0 amide bonds. The molecule has 0 N–H and O–H groups in total. The smallest absolute Gasteiger partial charge is 0.306 e. The first kappa shape index (κ1) is 9.55. The highest BCUT2D eigenvalue weighted by Crippen LogP contribution is 2.13. The summed E-state index contributed by atoms with van der Waals surface area (Å²) in [5.41, 5.74) is 0. The summed E-state index contributed by atoms with van der Waals surface area (Å²) < 4.78 is 25.7. The molecule has 0 aliphatic rings. The van der Waals surface area contributed by atoms with Crippen molar-refractivity contribution >= 4 is 0 Å². The summed E-state index contributed by atoms with van der Waals surface area (Å²) in [6.45, 7) is 0. The molecule has 0 aliphatic heterocycles. The SMILES string of the molecule is COC(C=CF)(OC)OC. The normalized spacial score (nSPS) is 12.8. The Bertz CT molecular complexity index is 101. The van der Waals surface area contributed by atoms with E-state index in [1.54, 1.807) is 0 Å². The average Bonchev–Trinajstić information content (AvgIpc) is 2.01. The van der Waals surface area contributed by atoms with Gasteiger partial charge in [0.25, 0.3) is 0 Å². The monoisotopic (exact) mass is 150 g/mol. The maximum absolute atomic E-state index is 11.6. The van der Waals surface area contributed by atoms with Crippen LogP contribution in [0.5, 0.6) is 0 Å². The van der Waals surface area contributed by atoms with E-state index in [-0.39, 0.29) is 0 Å². The maximum Gasteiger partial charge on any atom is 0.306 e. The molecule has 0 spiro atoms. The molecule has 0 radical (unpaired) electrons. The van der Waals surface area contributed by atoms with Gasteiger partial charge in [-0.15, -0.1) is 0 Å². The fraction of sp³-hybridized carbons (Fsp3) is 0.667. The second-order valence-electron chi connectivity index (χ2n) is 1.51. The molecule has 0 aromatic rings. The van der Waals surface area contributed by atoms with Crippen molar-refractivity contribution in [2.45, 2.75) is 5.97 Å². The summed E-state index contributed by atoms with van der Waals surface area (Å²) in [5.74, 6) is -1.38. The number of hydrogen-bond acceptors (Lipinski definition) is 3. The van der Waals surface area contributed by atoms with E-state index in [9.17, 15) is 4.39 Å². The van der Waals surface area contributed by atoms with Gasteiger partial charge in [0.1, 0.15) is 0 Å². The van der Waals surface area contributed by atoms with Crippen molar-refractivity contribution < 1.29 is 18.6 Å². The van der Waals surface area contributed by atoms with E-state index in [2.05, 4.69) is 0 Å². The summed E-state index contributed by atoms with van der Waals surface area (Å²) in [6.07, 6.45) is 1.32. The van der Waals surface area contributed by atoms with E-state index in [4.69, 9.17) is 14.2 Å². The molecule has 0 aromatic carbocycles. The third-order valence-corrected chi connectivity index (χ3v) is 1.12. The molecule has 0 fully saturated rings. The Kier molecular flexibility index (Phi) is 4.18. The molecular weight excluding hydrogens is 139 g/mol. The third-order valence-electron chi connectivity index (χ3n) is 1.12. The van der Waals surface area contributed by atoms with Crippen LogP contribution < -0.4 is 0 Å². The zero-order valence-electron chi connectivity index (χ0n) is 6.26. The quantitative estimate of drug-likeness (QED) is 0.561. The third kappa shape index (κ3) is 2.06. The Morgan fingerprint density at radius 2 is 1.50 bits per heavy atom. The van der Waals surface area contributed by atoms with Gasteiger partial charge in [0.05, 0.1) is 6.33 Å². The lowest BCUT2D eigenvalue weighted by molar-refractivity contribution is -0.319. The first-order valence-corrected chi connectivity index (χ1v) is 2.68. The number of methoxy groups -OCH3 is 3. The largest absolute Gasteiger partial charge is 0.327 e. The second kappa shape index (κ2) is 4.38. The molecule has 4 heteroatoms. The van der Waals surface area contributed by atoms with Crippen molar-refractivity contribution in [3.05, 3.63) is 12.4 Å². The lowest BCUT2D eigenvalue weighted by Gasteiger charge is -2.23. The van der Waals surface area contributed by atoms with Crippen LogP contribution >= 0.6 is 0 Å². The van der Waals surface area contributed by atoms with Crippen molar-refractivity contribution in [3.63, 3.8) is 0 Å². The molecule has 10 heavy (non-hydrogen) atoms. The highest BCUT2D eigenvalue weighted by atomic mass is 19.1. The van der Waals surface area contributed by atoms with Gasteiger partial charge in [0, 0.05) is 27.4 Å². The molecule has 0 saturated heterocycles. The topological polar surface area (TPSA) is 27.7 Å². The lowest BCUT2D eigenvalue weighted by atomic mass is 10.5. The van der Waals surface area contributed by atoms with Gasteiger partial charge < -0.3 is 14.2 Å². The number of ether oxygens (including phenoxy) is 3. The molecule has 0 aromatic heterocycles. The Balaban J connectivity index is 4.15. The number of halogens is 1. The summed E-state index contributed by atoms with van der Waals surface area (Å²) >= 11 is 0.